The molecule has 0 unspecified atom stereocenters. The maximum Gasteiger partial charge on any atom is 0.258 e. The van der Waals surface area contributed by atoms with Crippen molar-refractivity contribution in [2.45, 2.75) is 39.0 Å². The van der Waals surface area contributed by atoms with Crippen molar-refractivity contribution in [2.75, 3.05) is 6.61 Å². The molecule has 31 heavy (non-hydrogen) atoms. The average molecular weight is 418 g/mol. The van der Waals surface area contributed by atoms with E-state index in [1.54, 1.807) is 22.9 Å². The Bertz CT molecular complexity index is 1130. The number of nitrogens with zero attached hydrogens (tertiary/aromatic N) is 1. The fourth-order valence-corrected chi connectivity index (χ4v) is 3.65. The Morgan fingerprint density at radius 2 is 1.84 bits per heavy atom. The molecule has 1 amide bonds. The van der Waals surface area contributed by atoms with E-state index in [0.29, 0.717) is 18.8 Å². The number of aromatic nitrogens is 1. The minimum absolute atomic E-state index is 0.0307. The van der Waals surface area contributed by atoms with Gasteiger partial charge in [0, 0.05) is 30.8 Å². The Morgan fingerprint density at radius 1 is 1.06 bits per heavy atom. The third-order valence-electron chi connectivity index (χ3n) is 5.18. The number of nitrogens with one attached hydrogen (secondary N) is 1. The van der Waals surface area contributed by atoms with E-state index in [9.17, 15) is 9.59 Å². The van der Waals surface area contributed by atoms with Crippen molar-refractivity contribution in [3.63, 3.8) is 0 Å². The molecule has 0 aliphatic carbocycles. The minimum atomic E-state index is -0.259. The number of ether oxygens (including phenoxy) is 2. The number of hydrogen-bond donors (Lipinski definition) is 1. The second-order valence-corrected chi connectivity index (χ2v) is 8.33. The molecule has 160 valence electrons. The van der Waals surface area contributed by atoms with Gasteiger partial charge in [-0.1, -0.05) is 42.5 Å². The standard InChI is InChI=1S/C25H26N2O4/c1-25(2)14-20-6-5-7-21(24(20)31-25)30-17-22(28)26-15-18-9-11-19(12-10-18)16-27-13-4-3-8-23(27)29/h3-13H,14-17H2,1-2H3,(H,26,28). The topological polar surface area (TPSA) is 69.6 Å². The van der Waals surface area contributed by atoms with Crippen molar-refractivity contribution >= 4 is 5.91 Å². The van der Waals surface area contributed by atoms with Crippen molar-refractivity contribution in [1.82, 2.24) is 9.88 Å². The van der Waals surface area contributed by atoms with E-state index in [-0.39, 0.29) is 23.7 Å². The maximum absolute atomic E-state index is 12.2. The van der Waals surface area contributed by atoms with E-state index in [1.807, 2.05) is 62.4 Å². The van der Waals surface area contributed by atoms with Crippen LogP contribution in [0.1, 0.15) is 30.5 Å². The zero-order valence-corrected chi connectivity index (χ0v) is 17.8. The van der Waals surface area contributed by atoms with Gasteiger partial charge in [-0.2, -0.15) is 0 Å². The van der Waals surface area contributed by atoms with Gasteiger partial charge in [-0.3, -0.25) is 9.59 Å². The van der Waals surface area contributed by atoms with Gasteiger partial charge in [-0.15, -0.1) is 0 Å². The first kappa shape index (κ1) is 20.7. The third kappa shape index (κ3) is 5.15. The summed E-state index contributed by atoms with van der Waals surface area (Å²) >= 11 is 0. The van der Waals surface area contributed by atoms with Crippen molar-refractivity contribution in [3.05, 3.63) is 93.9 Å². The summed E-state index contributed by atoms with van der Waals surface area (Å²) in [5.74, 6) is 1.13. The molecule has 0 fully saturated rings. The van der Waals surface area contributed by atoms with Crippen LogP contribution in [0.2, 0.25) is 0 Å². The van der Waals surface area contributed by atoms with Crippen molar-refractivity contribution in [2.24, 2.45) is 0 Å². The van der Waals surface area contributed by atoms with E-state index in [0.717, 1.165) is 28.9 Å². The first-order valence-electron chi connectivity index (χ1n) is 10.3. The molecule has 1 aliphatic rings. The highest BCUT2D eigenvalue weighted by Gasteiger charge is 2.32. The van der Waals surface area contributed by atoms with Gasteiger partial charge in [0.25, 0.3) is 11.5 Å². The summed E-state index contributed by atoms with van der Waals surface area (Å²) in [6.45, 7) is 4.92. The normalized spacial score (nSPS) is 13.9. The summed E-state index contributed by atoms with van der Waals surface area (Å²) in [5, 5.41) is 2.87. The number of carbonyl (C=O) groups excluding carboxylic acids is 1. The van der Waals surface area contributed by atoms with Crippen LogP contribution < -0.4 is 20.3 Å². The molecule has 2 aromatic carbocycles. The van der Waals surface area contributed by atoms with Crippen LogP contribution in [0.25, 0.3) is 0 Å². The molecule has 6 nitrogen and oxygen atoms in total. The van der Waals surface area contributed by atoms with Gasteiger partial charge in [0.05, 0.1) is 6.54 Å². The Kier molecular flexibility index (Phi) is 5.80. The molecule has 3 aromatic rings. The quantitative estimate of drug-likeness (QED) is 0.639. The molecule has 4 rings (SSSR count). The van der Waals surface area contributed by atoms with Crippen LogP contribution in [0, 0.1) is 0 Å². The highest BCUT2D eigenvalue weighted by atomic mass is 16.5. The highest BCUT2D eigenvalue weighted by molar-refractivity contribution is 5.77. The fourth-order valence-electron chi connectivity index (χ4n) is 3.65. The maximum atomic E-state index is 12.2. The molecule has 0 atom stereocenters. The number of para-hydroxylation sites is 1. The van der Waals surface area contributed by atoms with Gasteiger partial charge in [0.2, 0.25) is 0 Å². The predicted molar refractivity (Wildman–Crippen MR) is 118 cm³/mol. The van der Waals surface area contributed by atoms with Gasteiger partial charge >= 0.3 is 0 Å². The summed E-state index contributed by atoms with van der Waals surface area (Å²) in [6, 6.07) is 18.7. The van der Waals surface area contributed by atoms with Gasteiger partial charge in [0.15, 0.2) is 18.1 Å². The number of pyridine rings is 1. The SMILES string of the molecule is CC1(C)Cc2cccc(OCC(=O)NCc3ccc(Cn4ccccc4=O)cc3)c2O1. The van der Waals surface area contributed by atoms with Crippen LogP contribution in [0.4, 0.5) is 0 Å². The number of rotatable bonds is 7. The van der Waals surface area contributed by atoms with Gasteiger partial charge in [0.1, 0.15) is 5.60 Å². The Labute approximate surface area is 181 Å². The van der Waals surface area contributed by atoms with E-state index in [2.05, 4.69) is 5.32 Å². The smallest absolute Gasteiger partial charge is 0.258 e. The number of carbonyl (C=O) groups is 1. The molecule has 0 spiro atoms. The Morgan fingerprint density at radius 3 is 2.61 bits per heavy atom. The molecule has 1 aromatic heterocycles. The van der Waals surface area contributed by atoms with Crippen LogP contribution in [0.15, 0.2) is 71.7 Å². The lowest BCUT2D eigenvalue weighted by atomic mass is 10.0. The third-order valence-corrected chi connectivity index (χ3v) is 5.18. The van der Waals surface area contributed by atoms with E-state index >= 15 is 0 Å². The molecule has 0 bridgehead atoms. The number of benzene rings is 2. The average Bonchev–Trinajstić information content (AvgIpc) is 3.07. The number of amides is 1. The molecular formula is C25H26N2O4. The molecule has 0 radical (unpaired) electrons. The zero-order valence-electron chi connectivity index (χ0n) is 17.8. The van der Waals surface area contributed by atoms with Gasteiger partial charge in [-0.05, 0) is 37.1 Å². The summed E-state index contributed by atoms with van der Waals surface area (Å²) in [6.07, 6.45) is 2.59. The highest BCUT2D eigenvalue weighted by Crippen LogP contribution is 2.41. The second-order valence-electron chi connectivity index (χ2n) is 8.33. The van der Waals surface area contributed by atoms with Crippen molar-refractivity contribution in [1.29, 1.82) is 0 Å². The molecule has 0 saturated heterocycles. The Hall–Kier alpha value is -3.54. The van der Waals surface area contributed by atoms with Crippen LogP contribution in [-0.2, 0) is 24.3 Å². The molecule has 0 saturated carbocycles. The van der Waals surface area contributed by atoms with Crippen molar-refractivity contribution in [3.8, 4) is 11.5 Å². The second kappa shape index (κ2) is 8.68. The van der Waals surface area contributed by atoms with Crippen LogP contribution in [-0.4, -0.2) is 22.7 Å². The van der Waals surface area contributed by atoms with E-state index < -0.39 is 0 Å². The molecule has 6 heteroatoms. The number of fused-ring (bicyclic) bond motifs is 1. The summed E-state index contributed by atoms with van der Waals surface area (Å²) < 4.78 is 13.3. The fraction of sp³-hybridized carbons (Fsp3) is 0.280. The van der Waals surface area contributed by atoms with E-state index in [1.165, 1.54) is 0 Å². The zero-order chi connectivity index (χ0) is 21.8. The summed E-state index contributed by atoms with van der Waals surface area (Å²) in [4.78, 5) is 24.1. The summed E-state index contributed by atoms with van der Waals surface area (Å²) in [7, 11) is 0. The largest absolute Gasteiger partial charge is 0.483 e. The first-order valence-corrected chi connectivity index (χ1v) is 10.3. The van der Waals surface area contributed by atoms with Gasteiger partial charge < -0.3 is 19.4 Å². The Balaban J connectivity index is 1.28. The molecule has 1 N–H and O–H groups in total. The predicted octanol–water partition coefficient (Wildman–Crippen LogP) is 3.31. The summed E-state index contributed by atoms with van der Waals surface area (Å²) in [5.41, 5.74) is 2.80. The molecule has 1 aliphatic heterocycles. The lowest BCUT2D eigenvalue weighted by molar-refractivity contribution is -0.123. The van der Waals surface area contributed by atoms with Crippen LogP contribution >= 0.6 is 0 Å². The van der Waals surface area contributed by atoms with Crippen LogP contribution in [0.5, 0.6) is 11.5 Å². The van der Waals surface area contributed by atoms with Gasteiger partial charge in [-0.25, -0.2) is 0 Å². The number of hydrogen-bond acceptors (Lipinski definition) is 4. The minimum Gasteiger partial charge on any atom is -0.483 e. The molecular weight excluding hydrogens is 392 g/mol. The lowest BCUT2D eigenvalue weighted by Gasteiger charge is -2.18. The first-order chi connectivity index (χ1) is 14.9. The molecule has 2 heterocycles. The van der Waals surface area contributed by atoms with Crippen LogP contribution in [0.3, 0.4) is 0 Å². The van der Waals surface area contributed by atoms with E-state index in [4.69, 9.17) is 9.47 Å². The monoisotopic (exact) mass is 418 g/mol. The van der Waals surface area contributed by atoms with Crippen molar-refractivity contribution < 1.29 is 14.3 Å². The lowest BCUT2D eigenvalue weighted by Crippen LogP contribution is -2.28.